The maximum absolute atomic E-state index is 10.4. The van der Waals surface area contributed by atoms with Crippen molar-refractivity contribution in [3.63, 3.8) is 0 Å². The summed E-state index contributed by atoms with van der Waals surface area (Å²) in [6, 6.07) is 0. The lowest BCUT2D eigenvalue weighted by molar-refractivity contribution is -0.141. The molecule has 0 fully saturated rings. The molecule has 0 aromatic heterocycles. The highest BCUT2D eigenvalue weighted by Crippen LogP contribution is 1.99. The molecule has 0 unspecified atom stereocenters. The van der Waals surface area contributed by atoms with Crippen molar-refractivity contribution in [2.75, 3.05) is 20.2 Å². The van der Waals surface area contributed by atoms with E-state index in [2.05, 4.69) is 10.3 Å². The topological polar surface area (TPSA) is 76.7 Å². The number of carbonyl (C=O) groups is 1. The SMILES string of the molecule is CN=C(N)NCCCCCCOC(C)=O. The van der Waals surface area contributed by atoms with Gasteiger partial charge in [-0.2, -0.15) is 0 Å². The number of ether oxygens (including phenoxy) is 1. The summed E-state index contributed by atoms with van der Waals surface area (Å²) in [4.78, 5) is 14.2. The molecule has 3 N–H and O–H groups in total. The average Bonchev–Trinajstić information content (AvgIpc) is 2.21. The smallest absolute Gasteiger partial charge is 0.302 e. The third kappa shape index (κ3) is 10.7. The van der Waals surface area contributed by atoms with E-state index in [0.717, 1.165) is 32.2 Å². The molecule has 0 amide bonds. The predicted molar refractivity (Wildman–Crippen MR) is 60.7 cm³/mol. The first kappa shape index (κ1) is 13.7. The first-order valence-electron chi connectivity index (χ1n) is 5.26. The molecule has 0 aliphatic heterocycles. The second-order valence-electron chi connectivity index (χ2n) is 3.29. The number of esters is 1. The zero-order valence-corrected chi connectivity index (χ0v) is 9.58. The maximum atomic E-state index is 10.4. The van der Waals surface area contributed by atoms with E-state index < -0.39 is 0 Å². The summed E-state index contributed by atoms with van der Waals surface area (Å²) in [5, 5.41) is 2.98. The van der Waals surface area contributed by atoms with Crippen molar-refractivity contribution in [2.24, 2.45) is 10.7 Å². The Morgan fingerprint density at radius 1 is 1.33 bits per heavy atom. The number of guanidine groups is 1. The van der Waals surface area contributed by atoms with Gasteiger partial charge in [-0.25, -0.2) is 0 Å². The number of nitrogens with two attached hydrogens (primary N) is 1. The minimum atomic E-state index is -0.205. The van der Waals surface area contributed by atoms with E-state index in [0.29, 0.717) is 12.6 Å². The molecule has 0 atom stereocenters. The van der Waals surface area contributed by atoms with Crippen molar-refractivity contribution in [3.8, 4) is 0 Å². The molecular weight excluding hydrogens is 194 g/mol. The van der Waals surface area contributed by atoms with Crippen LogP contribution in [0.15, 0.2) is 4.99 Å². The second kappa shape index (κ2) is 9.30. The van der Waals surface area contributed by atoms with Gasteiger partial charge in [-0.1, -0.05) is 6.42 Å². The molecule has 0 aromatic carbocycles. The summed E-state index contributed by atoms with van der Waals surface area (Å²) in [6.45, 7) is 2.80. The lowest BCUT2D eigenvalue weighted by atomic mass is 10.2. The van der Waals surface area contributed by atoms with E-state index in [9.17, 15) is 4.79 Å². The van der Waals surface area contributed by atoms with Crippen LogP contribution in [0.4, 0.5) is 0 Å². The van der Waals surface area contributed by atoms with Crippen LogP contribution in [0, 0.1) is 0 Å². The monoisotopic (exact) mass is 215 g/mol. The van der Waals surface area contributed by atoms with Crippen LogP contribution >= 0.6 is 0 Å². The van der Waals surface area contributed by atoms with E-state index in [1.165, 1.54) is 6.92 Å². The third-order valence-corrected chi connectivity index (χ3v) is 1.92. The summed E-state index contributed by atoms with van der Waals surface area (Å²) in [7, 11) is 1.65. The highest BCUT2D eigenvalue weighted by Gasteiger charge is 1.94. The van der Waals surface area contributed by atoms with Gasteiger partial charge in [0.05, 0.1) is 6.61 Å². The summed E-state index contributed by atoms with van der Waals surface area (Å²) in [5.74, 6) is 0.276. The van der Waals surface area contributed by atoms with Gasteiger partial charge in [0.25, 0.3) is 0 Å². The highest BCUT2D eigenvalue weighted by molar-refractivity contribution is 5.77. The molecule has 0 bridgehead atoms. The molecule has 0 aliphatic carbocycles. The van der Waals surface area contributed by atoms with Gasteiger partial charge < -0.3 is 15.8 Å². The molecule has 0 heterocycles. The summed E-state index contributed by atoms with van der Waals surface area (Å²) in [6.07, 6.45) is 4.15. The van der Waals surface area contributed by atoms with Crippen LogP contribution in [-0.2, 0) is 9.53 Å². The normalized spacial score (nSPS) is 11.2. The molecule has 88 valence electrons. The molecule has 0 saturated carbocycles. The predicted octanol–water partition coefficient (Wildman–Crippen LogP) is 0.644. The summed E-state index contributed by atoms with van der Waals surface area (Å²) >= 11 is 0. The van der Waals surface area contributed by atoms with Crippen LogP contribution in [0.3, 0.4) is 0 Å². The number of carbonyl (C=O) groups excluding carboxylic acids is 1. The largest absolute Gasteiger partial charge is 0.466 e. The van der Waals surface area contributed by atoms with Crippen LogP contribution in [0.2, 0.25) is 0 Å². The van der Waals surface area contributed by atoms with E-state index >= 15 is 0 Å². The molecule has 0 radical (unpaired) electrons. The Morgan fingerprint density at radius 2 is 2.00 bits per heavy atom. The van der Waals surface area contributed by atoms with Crippen molar-refractivity contribution in [1.29, 1.82) is 0 Å². The summed E-state index contributed by atoms with van der Waals surface area (Å²) in [5.41, 5.74) is 5.45. The average molecular weight is 215 g/mol. The van der Waals surface area contributed by atoms with Gasteiger partial charge in [-0.3, -0.25) is 9.79 Å². The van der Waals surface area contributed by atoms with Gasteiger partial charge >= 0.3 is 5.97 Å². The van der Waals surface area contributed by atoms with Crippen LogP contribution in [-0.4, -0.2) is 32.1 Å². The number of rotatable bonds is 7. The molecule has 0 rings (SSSR count). The van der Waals surface area contributed by atoms with Crippen LogP contribution in [0.25, 0.3) is 0 Å². The van der Waals surface area contributed by atoms with Gasteiger partial charge in [0.1, 0.15) is 0 Å². The van der Waals surface area contributed by atoms with Crippen molar-refractivity contribution in [2.45, 2.75) is 32.6 Å². The van der Waals surface area contributed by atoms with Crippen LogP contribution in [0.5, 0.6) is 0 Å². The quantitative estimate of drug-likeness (QED) is 0.283. The Labute approximate surface area is 91.1 Å². The van der Waals surface area contributed by atoms with Crippen molar-refractivity contribution < 1.29 is 9.53 Å². The molecule has 0 aliphatic rings. The zero-order valence-electron chi connectivity index (χ0n) is 9.58. The van der Waals surface area contributed by atoms with Crippen molar-refractivity contribution in [3.05, 3.63) is 0 Å². The van der Waals surface area contributed by atoms with E-state index in [1.54, 1.807) is 7.05 Å². The van der Waals surface area contributed by atoms with Crippen molar-refractivity contribution in [1.82, 2.24) is 5.32 Å². The zero-order chi connectivity index (χ0) is 11.5. The fraction of sp³-hybridized carbons (Fsp3) is 0.800. The molecule has 5 nitrogen and oxygen atoms in total. The lowest BCUT2D eigenvalue weighted by Gasteiger charge is -2.04. The lowest BCUT2D eigenvalue weighted by Crippen LogP contribution is -2.32. The Morgan fingerprint density at radius 3 is 2.60 bits per heavy atom. The van der Waals surface area contributed by atoms with E-state index in [1.807, 2.05) is 0 Å². The van der Waals surface area contributed by atoms with Crippen LogP contribution in [0.1, 0.15) is 32.6 Å². The molecule has 0 spiro atoms. The first-order chi connectivity index (χ1) is 7.16. The number of unbranched alkanes of at least 4 members (excludes halogenated alkanes) is 3. The third-order valence-electron chi connectivity index (χ3n) is 1.92. The minimum absolute atomic E-state index is 0.205. The number of nitrogens with one attached hydrogen (secondary N) is 1. The number of hydrogen-bond acceptors (Lipinski definition) is 3. The van der Waals surface area contributed by atoms with Gasteiger partial charge in [0.15, 0.2) is 5.96 Å². The van der Waals surface area contributed by atoms with Gasteiger partial charge in [-0.05, 0) is 19.3 Å². The number of hydrogen-bond donors (Lipinski definition) is 2. The van der Waals surface area contributed by atoms with Crippen molar-refractivity contribution >= 4 is 11.9 Å². The maximum Gasteiger partial charge on any atom is 0.302 e. The van der Waals surface area contributed by atoms with Gasteiger partial charge in [-0.15, -0.1) is 0 Å². The standard InChI is InChI=1S/C10H21N3O2/c1-9(14)15-8-6-4-3-5-7-13-10(11)12-2/h3-8H2,1-2H3,(H3,11,12,13). The highest BCUT2D eigenvalue weighted by atomic mass is 16.5. The number of nitrogens with zero attached hydrogens (tertiary/aromatic N) is 1. The summed E-state index contributed by atoms with van der Waals surface area (Å²) < 4.78 is 4.81. The van der Waals surface area contributed by atoms with E-state index in [4.69, 9.17) is 10.5 Å². The number of aliphatic imine (C=N–C) groups is 1. The van der Waals surface area contributed by atoms with Gasteiger partial charge in [0, 0.05) is 20.5 Å². The second-order valence-corrected chi connectivity index (χ2v) is 3.29. The van der Waals surface area contributed by atoms with Gasteiger partial charge in [0.2, 0.25) is 0 Å². The molecule has 5 heteroatoms. The Bertz CT molecular complexity index is 205. The fourth-order valence-electron chi connectivity index (χ4n) is 1.09. The Hall–Kier alpha value is -1.26. The first-order valence-corrected chi connectivity index (χ1v) is 5.26. The Kier molecular flexibility index (Phi) is 8.52. The van der Waals surface area contributed by atoms with E-state index in [-0.39, 0.29) is 5.97 Å². The van der Waals surface area contributed by atoms with Crippen LogP contribution < -0.4 is 11.1 Å². The molecule has 15 heavy (non-hydrogen) atoms. The molecule has 0 aromatic rings. The Balaban J connectivity index is 3.08. The fourth-order valence-corrected chi connectivity index (χ4v) is 1.09. The minimum Gasteiger partial charge on any atom is -0.466 e. The molecule has 0 saturated heterocycles. The molecular formula is C10H21N3O2.